The highest BCUT2D eigenvalue weighted by Gasteiger charge is 2.33. The number of rotatable bonds is 3. The molecule has 2 atom stereocenters. The lowest BCUT2D eigenvalue weighted by atomic mass is 10.1. The van der Waals surface area contributed by atoms with Crippen LogP contribution < -0.4 is 10.6 Å². The van der Waals surface area contributed by atoms with Gasteiger partial charge in [-0.05, 0) is 26.3 Å². The minimum absolute atomic E-state index is 0.000972. The van der Waals surface area contributed by atoms with E-state index in [0.29, 0.717) is 18.9 Å². The first-order valence-electron chi connectivity index (χ1n) is 6.03. The summed E-state index contributed by atoms with van der Waals surface area (Å²) in [6.07, 6.45) is 2.14. The Morgan fingerprint density at radius 3 is 2.81 bits per heavy atom. The molecule has 5 heteroatoms. The Bertz CT molecular complexity index is 287. The van der Waals surface area contributed by atoms with Crippen LogP contribution in [-0.2, 0) is 9.59 Å². The largest absolute Gasteiger partial charge is 0.344 e. The van der Waals surface area contributed by atoms with E-state index < -0.39 is 0 Å². The van der Waals surface area contributed by atoms with E-state index in [1.54, 1.807) is 0 Å². The molecular formula is C11H19N3O2. The molecule has 1 unspecified atom stereocenters. The second-order valence-corrected chi connectivity index (χ2v) is 4.43. The second-order valence-electron chi connectivity index (χ2n) is 4.43. The summed E-state index contributed by atoms with van der Waals surface area (Å²) in [5.74, 6) is 0.0843. The Morgan fingerprint density at radius 2 is 2.31 bits per heavy atom. The molecule has 0 aromatic heterocycles. The quantitative estimate of drug-likeness (QED) is 0.679. The molecular weight excluding hydrogens is 206 g/mol. The smallest absolute Gasteiger partial charge is 0.245 e. The van der Waals surface area contributed by atoms with Gasteiger partial charge >= 0.3 is 0 Å². The number of nitrogens with one attached hydrogen (secondary N) is 2. The van der Waals surface area contributed by atoms with Crippen LogP contribution in [0, 0.1) is 0 Å². The first-order valence-corrected chi connectivity index (χ1v) is 6.03. The topological polar surface area (TPSA) is 61.4 Å². The van der Waals surface area contributed by atoms with Crippen LogP contribution in [0.1, 0.15) is 26.2 Å². The van der Waals surface area contributed by atoms with E-state index in [2.05, 4.69) is 10.6 Å². The summed E-state index contributed by atoms with van der Waals surface area (Å²) in [5, 5.41) is 6.00. The van der Waals surface area contributed by atoms with E-state index in [0.717, 1.165) is 26.1 Å². The van der Waals surface area contributed by atoms with E-state index in [1.165, 1.54) is 0 Å². The molecule has 0 aromatic rings. The Balaban J connectivity index is 1.97. The maximum Gasteiger partial charge on any atom is 0.245 e. The predicted molar refractivity (Wildman–Crippen MR) is 59.8 cm³/mol. The van der Waals surface area contributed by atoms with Gasteiger partial charge in [-0.2, -0.15) is 0 Å². The lowest BCUT2D eigenvalue weighted by Gasteiger charge is -2.29. The number of carbonyl (C=O) groups excluding carboxylic acids is 2. The minimum atomic E-state index is -0.284. The van der Waals surface area contributed by atoms with Gasteiger partial charge in [-0.1, -0.05) is 0 Å². The van der Waals surface area contributed by atoms with Crippen molar-refractivity contribution in [3.05, 3.63) is 0 Å². The molecule has 0 bridgehead atoms. The summed E-state index contributed by atoms with van der Waals surface area (Å²) >= 11 is 0. The van der Waals surface area contributed by atoms with Crippen LogP contribution in [0.4, 0.5) is 0 Å². The van der Waals surface area contributed by atoms with Gasteiger partial charge in [0.2, 0.25) is 11.8 Å². The predicted octanol–water partition coefficient (Wildman–Crippen LogP) is -0.525. The summed E-state index contributed by atoms with van der Waals surface area (Å²) in [7, 11) is 0. The third-order valence-corrected chi connectivity index (χ3v) is 3.39. The normalized spacial score (nSPS) is 29.2. The number of hydrogen-bond acceptors (Lipinski definition) is 3. The molecule has 2 saturated heterocycles. The van der Waals surface area contributed by atoms with Crippen LogP contribution in [-0.4, -0.2) is 48.4 Å². The molecule has 2 N–H and O–H groups in total. The van der Waals surface area contributed by atoms with Gasteiger partial charge in [0.05, 0.1) is 0 Å². The van der Waals surface area contributed by atoms with Crippen molar-refractivity contribution in [3.63, 3.8) is 0 Å². The molecule has 5 nitrogen and oxygen atoms in total. The lowest BCUT2D eigenvalue weighted by molar-refractivity contribution is -0.136. The highest BCUT2D eigenvalue weighted by Crippen LogP contribution is 2.14. The van der Waals surface area contributed by atoms with Crippen molar-refractivity contribution in [2.24, 2.45) is 0 Å². The molecule has 0 aliphatic carbocycles. The van der Waals surface area contributed by atoms with Crippen molar-refractivity contribution in [1.29, 1.82) is 0 Å². The Hall–Kier alpha value is -1.10. The minimum Gasteiger partial charge on any atom is -0.344 e. The molecule has 2 fully saturated rings. The summed E-state index contributed by atoms with van der Waals surface area (Å²) in [5.41, 5.74) is 0. The van der Waals surface area contributed by atoms with Crippen molar-refractivity contribution in [2.75, 3.05) is 19.6 Å². The molecule has 0 radical (unpaired) electrons. The van der Waals surface area contributed by atoms with Crippen LogP contribution in [0.3, 0.4) is 0 Å². The van der Waals surface area contributed by atoms with Crippen LogP contribution in [0.2, 0.25) is 0 Å². The molecule has 2 aliphatic rings. The maximum absolute atomic E-state index is 12.2. The highest BCUT2D eigenvalue weighted by molar-refractivity contribution is 5.91. The van der Waals surface area contributed by atoms with Gasteiger partial charge in [-0.3, -0.25) is 9.59 Å². The van der Waals surface area contributed by atoms with Crippen LogP contribution >= 0.6 is 0 Å². The van der Waals surface area contributed by atoms with Crippen molar-refractivity contribution in [3.8, 4) is 0 Å². The molecule has 16 heavy (non-hydrogen) atoms. The molecule has 0 aromatic carbocycles. The van der Waals surface area contributed by atoms with Gasteiger partial charge in [-0.15, -0.1) is 0 Å². The zero-order valence-electron chi connectivity index (χ0n) is 9.66. The van der Waals surface area contributed by atoms with Gasteiger partial charge in [-0.25, -0.2) is 0 Å². The number of carbonyl (C=O) groups is 2. The zero-order chi connectivity index (χ0) is 11.5. The number of likely N-dealkylation sites (N-methyl/N-ethyl adjacent to an activating group) is 1. The molecule has 2 rings (SSSR count). The van der Waals surface area contributed by atoms with Crippen molar-refractivity contribution in [2.45, 2.75) is 38.3 Å². The highest BCUT2D eigenvalue weighted by atomic mass is 16.2. The fourth-order valence-electron chi connectivity index (χ4n) is 2.50. The number of nitrogens with zero attached hydrogens (tertiary/aromatic N) is 1. The van der Waals surface area contributed by atoms with E-state index >= 15 is 0 Å². The third-order valence-electron chi connectivity index (χ3n) is 3.39. The molecule has 2 amide bonds. The Kier molecular flexibility index (Phi) is 3.43. The fraction of sp³-hybridized carbons (Fsp3) is 0.818. The summed E-state index contributed by atoms with van der Waals surface area (Å²) in [6, 6.07) is 0.0167. The second kappa shape index (κ2) is 4.82. The van der Waals surface area contributed by atoms with Crippen LogP contribution in [0.25, 0.3) is 0 Å². The van der Waals surface area contributed by atoms with Gasteiger partial charge in [0, 0.05) is 25.6 Å². The summed E-state index contributed by atoms with van der Waals surface area (Å²) in [4.78, 5) is 25.2. The van der Waals surface area contributed by atoms with E-state index in [1.807, 2.05) is 11.8 Å². The monoisotopic (exact) mass is 225 g/mol. The van der Waals surface area contributed by atoms with Gasteiger partial charge in [0.25, 0.3) is 0 Å². The lowest BCUT2D eigenvalue weighted by Crippen LogP contribution is -2.49. The van der Waals surface area contributed by atoms with Gasteiger partial charge in [0.15, 0.2) is 0 Å². The average Bonchev–Trinajstić information content (AvgIpc) is 2.90. The van der Waals surface area contributed by atoms with Crippen molar-refractivity contribution < 1.29 is 9.59 Å². The first-order chi connectivity index (χ1) is 7.72. The summed E-state index contributed by atoms with van der Waals surface area (Å²) < 4.78 is 0. The van der Waals surface area contributed by atoms with Crippen LogP contribution in [0.15, 0.2) is 0 Å². The fourth-order valence-corrected chi connectivity index (χ4v) is 2.50. The standard InChI is InChI=1S/C11H19N3O2/c1-2-14(8-5-6-12-7-8)11(16)9-3-4-10(15)13-9/h8-9,12H,2-7H2,1H3,(H,13,15)/t8?,9-/m1/s1. The first kappa shape index (κ1) is 11.4. The van der Waals surface area contributed by atoms with Gasteiger partial charge < -0.3 is 15.5 Å². The molecule has 0 saturated carbocycles. The van der Waals surface area contributed by atoms with Gasteiger partial charge in [0.1, 0.15) is 6.04 Å². The van der Waals surface area contributed by atoms with E-state index in [-0.39, 0.29) is 17.9 Å². The summed E-state index contributed by atoms with van der Waals surface area (Å²) in [6.45, 7) is 4.57. The van der Waals surface area contributed by atoms with Crippen molar-refractivity contribution in [1.82, 2.24) is 15.5 Å². The molecule has 2 aliphatic heterocycles. The zero-order valence-corrected chi connectivity index (χ0v) is 9.66. The number of hydrogen-bond donors (Lipinski definition) is 2. The SMILES string of the molecule is CCN(C(=O)[C@H]1CCC(=O)N1)C1CCNC1. The third kappa shape index (κ3) is 2.19. The van der Waals surface area contributed by atoms with E-state index in [4.69, 9.17) is 0 Å². The molecule has 90 valence electrons. The number of amides is 2. The Morgan fingerprint density at radius 1 is 1.50 bits per heavy atom. The molecule has 0 spiro atoms. The maximum atomic E-state index is 12.2. The molecule has 2 heterocycles. The van der Waals surface area contributed by atoms with Crippen LogP contribution in [0.5, 0.6) is 0 Å². The van der Waals surface area contributed by atoms with E-state index in [9.17, 15) is 9.59 Å². The average molecular weight is 225 g/mol. The van der Waals surface area contributed by atoms with Crippen molar-refractivity contribution >= 4 is 11.8 Å². The Labute approximate surface area is 95.6 Å².